The summed E-state index contributed by atoms with van der Waals surface area (Å²) in [5, 5.41) is 0.0937. The van der Waals surface area contributed by atoms with Crippen LogP contribution >= 0.6 is 24.2 Å². The summed E-state index contributed by atoms with van der Waals surface area (Å²) in [6.45, 7) is 1.66. The summed E-state index contributed by atoms with van der Waals surface area (Å²) in [6, 6.07) is 11.3. The molecule has 136 valence electrons. The molecule has 1 aliphatic rings. The first-order valence-corrected chi connectivity index (χ1v) is 9.12. The fraction of sp³-hybridized carbons (Fsp3) is 0.263. The van der Waals surface area contributed by atoms with Crippen molar-refractivity contribution < 1.29 is 14.0 Å². The molecule has 0 spiro atoms. The molecule has 3 rings (SSSR count). The van der Waals surface area contributed by atoms with E-state index in [4.69, 9.17) is 11.6 Å². The van der Waals surface area contributed by atoms with Gasteiger partial charge in [0.25, 0.3) is 11.8 Å². The molecule has 2 aromatic rings. The average molecular weight is 393 g/mol. The number of hydrogen-bond donors (Lipinski definition) is 1. The molecule has 2 amide bonds. The van der Waals surface area contributed by atoms with Crippen LogP contribution in [0.25, 0.3) is 0 Å². The van der Waals surface area contributed by atoms with Gasteiger partial charge in [-0.05, 0) is 30.7 Å². The van der Waals surface area contributed by atoms with Gasteiger partial charge < -0.3 is 9.80 Å². The average Bonchev–Trinajstić information content (AvgIpc) is 2.87. The van der Waals surface area contributed by atoms with Crippen molar-refractivity contribution in [2.45, 2.75) is 11.3 Å². The van der Waals surface area contributed by atoms with Gasteiger partial charge in [-0.3, -0.25) is 9.59 Å². The predicted octanol–water partition coefficient (Wildman–Crippen LogP) is 3.76. The van der Waals surface area contributed by atoms with Crippen LogP contribution in [0.5, 0.6) is 0 Å². The third kappa shape index (κ3) is 3.86. The highest BCUT2D eigenvalue weighted by molar-refractivity contribution is 7.80. The highest BCUT2D eigenvalue weighted by Crippen LogP contribution is 2.22. The van der Waals surface area contributed by atoms with Crippen molar-refractivity contribution in [3.05, 3.63) is 64.4 Å². The van der Waals surface area contributed by atoms with Crippen LogP contribution in [0, 0.1) is 5.82 Å². The van der Waals surface area contributed by atoms with Gasteiger partial charge in [-0.1, -0.05) is 29.8 Å². The lowest BCUT2D eigenvalue weighted by Gasteiger charge is -2.23. The number of rotatable bonds is 2. The van der Waals surface area contributed by atoms with Gasteiger partial charge in [0.05, 0.1) is 16.1 Å². The maximum atomic E-state index is 14.0. The molecule has 0 N–H and O–H groups in total. The number of carbonyl (C=O) groups is 2. The summed E-state index contributed by atoms with van der Waals surface area (Å²) in [7, 11) is 0. The summed E-state index contributed by atoms with van der Waals surface area (Å²) in [5.74, 6) is -1.20. The fourth-order valence-electron chi connectivity index (χ4n) is 3.01. The fourth-order valence-corrected chi connectivity index (χ4v) is 3.51. The quantitative estimate of drug-likeness (QED) is 0.790. The van der Waals surface area contributed by atoms with Gasteiger partial charge in [0.15, 0.2) is 0 Å². The Hall–Kier alpha value is -2.05. The molecule has 0 atom stereocenters. The first-order valence-electron chi connectivity index (χ1n) is 8.29. The summed E-state index contributed by atoms with van der Waals surface area (Å²) in [6.07, 6.45) is 0.609. The smallest absolute Gasteiger partial charge is 0.258 e. The van der Waals surface area contributed by atoms with E-state index in [9.17, 15) is 14.0 Å². The molecule has 1 saturated heterocycles. The van der Waals surface area contributed by atoms with Crippen LogP contribution in [0.1, 0.15) is 27.1 Å². The molecule has 1 aliphatic heterocycles. The third-order valence-corrected chi connectivity index (χ3v) is 5.09. The third-order valence-electron chi connectivity index (χ3n) is 4.38. The Morgan fingerprint density at radius 2 is 1.58 bits per heavy atom. The molecule has 0 aromatic heterocycles. The molecule has 0 bridgehead atoms. The predicted molar refractivity (Wildman–Crippen MR) is 102 cm³/mol. The first kappa shape index (κ1) is 18.7. The molecule has 0 unspecified atom stereocenters. The zero-order chi connectivity index (χ0) is 18.7. The summed E-state index contributed by atoms with van der Waals surface area (Å²) in [5.41, 5.74) is 0.419. The number of nitrogens with zero attached hydrogens (tertiary/aromatic N) is 2. The van der Waals surface area contributed by atoms with E-state index in [1.807, 2.05) is 6.07 Å². The van der Waals surface area contributed by atoms with Gasteiger partial charge in [-0.15, -0.1) is 12.6 Å². The van der Waals surface area contributed by atoms with Gasteiger partial charge in [0.2, 0.25) is 0 Å². The molecule has 26 heavy (non-hydrogen) atoms. The van der Waals surface area contributed by atoms with Crippen molar-refractivity contribution >= 4 is 36.0 Å². The highest BCUT2D eigenvalue weighted by atomic mass is 35.5. The lowest BCUT2D eigenvalue weighted by molar-refractivity contribution is 0.0714. The molecular formula is C19H18ClFN2O2S. The van der Waals surface area contributed by atoms with Gasteiger partial charge >= 0.3 is 0 Å². The lowest BCUT2D eigenvalue weighted by Crippen LogP contribution is -2.37. The second-order valence-corrected chi connectivity index (χ2v) is 6.94. The number of hydrogen-bond acceptors (Lipinski definition) is 3. The Morgan fingerprint density at radius 3 is 2.23 bits per heavy atom. The van der Waals surface area contributed by atoms with Gasteiger partial charge in [-0.2, -0.15) is 0 Å². The van der Waals surface area contributed by atoms with Gasteiger partial charge in [0, 0.05) is 31.1 Å². The normalized spacial score (nSPS) is 14.9. The van der Waals surface area contributed by atoms with E-state index in [0.717, 1.165) is 0 Å². The van der Waals surface area contributed by atoms with Crippen molar-refractivity contribution in [1.29, 1.82) is 0 Å². The summed E-state index contributed by atoms with van der Waals surface area (Å²) < 4.78 is 14.0. The molecular weight excluding hydrogens is 375 g/mol. The summed E-state index contributed by atoms with van der Waals surface area (Å²) >= 11 is 10.3. The van der Waals surface area contributed by atoms with Crippen molar-refractivity contribution in [3.8, 4) is 0 Å². The first-order chi connectivity index (χ1) is 12.5. The topological polar surface area (TPSA) is 40.6 Å². The molecule has 4 nitrogen and oxygen atoms in total. The standard InChI is InChI=1S/C19H18ClFN2O2S/c20-14-6-3-7-15(21)17(14)19(25)23-10-4-9-22(11-12-23)18(24)13-5-1-2-8-16(13)26/h1-3,5-8,26H,4,9-12H2. The Balaban J connectivity index is 1.73. The summed E-state index contributed by atoms with van der Waals surface area (Å²) in [4.78, 5) is 29.3. The van der Waals surface area contributed by atoms with Crippen molar-refractivity contribution in [2.24, 2.45) is 0 Å². The molecule has 1 fully saturated rings. The van der Waals surface area contributed by atoms with E-state index < -0.39 is 11.7 Å². The monoisotopic (exact) mass is 392 g/mol. The number of halogens is 2. The minimum atomic E-state index is -0.635. The van der Waals surface area contributed by atoms with Crippen LogP contribution in [-0.2, 0) is 0 Å². The number of amides is 2. The van der Waals surface area contributed by atoms with E-state index in [2.05, 4.69) is 12.6 Å². The second-order valence-electron chi connectivity index (χ2n) is 6.05. The molecule has 1 heterocycles. The van der Waals surface area contributed by atoms with E-state index in [1.54, 1.807) is 28.0 Å². The van der Waals surface area contributed by atoms with E-state index in [1.165, 1.54) is 18.2 Å². The molecule has 2 aromatic carbocycles. The van der Waals surface area contributed by atoms with Gasteiger partial charge in [0.1, 0.15) is 5.82 Å². The Bertz CT molecular complexity index is 826. The van der Waals surface area contributed by atoms with Crippen LogP contribution in [0.2, 0.25) is 5.02 Å². The Labute approximate surface area is 162 Å². The number of benzene rings is 2. The van der Waals surface area contributed by atoms with E-state index in [0.29, 0.717) is 43.1 Å². The zero-order valence-electron chi connectivity index (χ0n) is 14.0. The largest absolute Gasteiger partial charge is 0.337 e. The minimum Gasteiger partial charge on any atom is -0.337 e. The lowest BCUT2D eigenvalue weighted by atomic mass is 10.1. The maximum absolute atomic E-state index is 14.0. The Morgan fingerprint density at radius 1 is 0.923 bits per heavy atom. The Kier molecular flexibility index (Phi) is 5.84. The molecule has 7 heteroatoms. The minimum absolute atomic E-state index is 0.0937. The number of carbonyl (C=O) groups excluding carboxylic acids is 2. The highest BCUT2D eigenvalue weighted by Gasteiger charge is 2.26. The van der Waals surface area contributed by atoms with Crippen LogP contribution in [0.15, 0.2) is 47.4 Å². The molecule has 0 saturated carbocycles. The number of thiol groups is 1. The van der Waals surface area contributed by atoms with Crippen LogP contribution in [0.3, 0.4) is 0 Å². The SMILES string of the molecule is O=C(c1ccccc1S)N1CCCN(C(=O)c2c(F)cccc2Cl)CC1. The zero-order valence-corrected chi connectivity index (χ0v) is 15.6. The van der Waals surface area contributed by atoms with E-state index in [-0.39, 0.29) is 16.5 Å². The maximum Gasteiger partial charge on any atom is 0.258 e. The molecule has 0 aliphatic carbocycles. The van der Waals surface area contributed by atoms with E-state index >= 15 is 0 Å². The van der Waals surface area contributed by atoms with Crippen LogP contribution in [-0.4, -0.2) is 47.8 Å². The van der Waals surface area contributed by atoms with Crippen LogP contribution < -0.4 is 0 Å². The van der Waals surface area contributed by atoms with Crippen molar-refractivity contribution in [2.75, 3.05) is 26.2 Å². The van der Waals surface area contributed by atoms with Crippen LogP contribution in [0.4, 0.5) is 4.39 Å². The second kappa shape index (κ2) is 8.10. The van der Waals surface area contributed by atoms with Crippen molar-refractivity contribution in [3.63, 3.8) is 0 Å². The molecule has 0 radical (unpaired) electrons. The van der Waals surface area contributed by atoms with Gasteiger partial charge in [-0.25, -0.2) is 4.39 Å². The van der Waals surface area contributed by atoms with Crippen molar-refractivity contribution in [1.82, 2.24) is 9.80 Å².